The molecule has 2 N–H and O–H groups in total. The van der Waals surface area contributed by atoms with Crippen LogP contribution in [0.1, 0.15) is 37.0 Å². The average Bonchev–Trinajstić information content (AvgIpc) is 3.07. The van der Waals surface area contributed by atoms with Crippen molar-refractivity contribution in [3.63, 3.8) is 0 Å². The molecule has 1 amide bonds. The molecule has 8 heteroatoms. The topological polar surface area (TPSA) is 95.2 Å². The standard InChI is InChI=1S/C17H24N4O3S/c1-12(2)13(3)20-17(22)14-6-5-7-15(10-14)25(23,24)21(4)11-16-18-8-9-19-16/h5-10,12-13H,11H2,1-4H3,(H,18,19)(H,20,22)/t13-/m0/s1. The zero-order chi connectivity index (χ0) is 18.6. The first-order chi connectivity index (χ1) is 11.7. The Morgan fingerprint density at radius 3 is 2.64 bits per heavy atom. The van der Waals surface area contributed by atoms with Crippen LogP contribution in [0.4, 0.5) is 0 Å². The molecule has 1 aromatic heterocycles. The largest absolute Gasteiger partial charge is 0.349 e. The molecule has 1 heterocycles. The fraction of sp³-hybridized carbons (Fsp3) is 0.412. The molecule has 0 aliphatic carbocycles. The number of nitrogens with one attached hydrogen (secondary N) is 2. The Labute approximate surface area is 148 Å². The maximum atomic E-state index is 12.7. The van der Waals surface area contributed by atoms with Crippen LogP contribution in [-0.4, -0.2) is 41.7 Å². The first-order valence-electron chi connectivity index (χ1n) is 8.07. The maximum absolute atomic E-state index is 12.7. The van der Waals surface area contributed by atoms with Crippen LogP contribution in [0.15, 0.2) is 41.6 Å². The van der Waals surface area contributed by atoms with Crippen molar-refractivity contribution in [2.24, 2.45) is 5.92 Å². The van der Waals surface area contributed by atoms with Gasteiger partial charge in [-0.25, -0.2) is 13.4 Å². The van der Waals surface area contributed by atoms with Gasteiger partial charge in [0.2, 0.25) is 10.0 Å². The fourth-order valence-electron chi connectivity index (χ4n) is 2.11. The molecule has 7 nitrogen and oxygen atoms in total. The lowest BCUT2D eigenvalue weighted by molar-refractivity contribution is 0.0930. The number of H-pyrrole nitrogens is 1. The van der Waals surface area contributed by atoms with Crippen molar-refractivity contribution >= 4 is 15.9 Å². The Morgan fingerprint density at radius 1 is 1.32 bits per heavy atom. The number of imidazole rings is 1. The van der Waals surface area contributed by atoms with Crippen molar-refractivity contribution in [3.8, 4) is 0 Å². The lowest BCUT2D eigenvalue weighted by atomic mass is 10.1. The summed E-state index contributed by atoms with van der Waals surface area (Å²) < 4.78 is 26.6. The number of aromatic amines is 1. The van der Waals surface area contributed by atoms with Gasteiger partial charge in [0.25, 0.3) is 5.91 Å². The second kappa shape index (κ2) is 7.79. The molecule has 0 saturated heterocycles. The molecule has 0 unspecified atom stereocenters. The maximum Gasteiger partial charge on any atom is 0.251 e. The summed E-state index contributed by atoms with van der Waals surface area (Å²) in [5.41, 5.74) is 0.319. The molecule has 0 aliphatic rings. The Kier molecular flexibility index (Phi) is 5.97. The number of benzene rings is 1. The van der Waals surface area contributed by atoms with Crippen molar-refractivity contribution in [3.05, 3.63) is 48.0 Å². The average molecular weight is 364 g/mol. The minimum Gasteiger partial charge on any atom is -0.349 e. The molecule has 0 bridgehead atoms. The van der Waals surface area contributed by atoms with Gasteiger partial charge < -0.3 is 10.3 Å². The molecule has 25 heavy (non-hydrogen) atoms. The molecule has 0 spiro atoms. The molecular formula is C17H24N4O3S. The monoisotopic (exact) mass is 364 g/mol. The van der Waals surface area contributed by atoms with E-state index in [2.05, 4.69) is 15.3 Å². The van der Waals surface area contributed by atoms with E-state index in [-0.39, 0.29) is 29.3 Å². The van der Waals surface area contributed by atoms with Gasteiger partial charge in [-0.3, -0.25) is 4.79 Å². The highest BCUT2D eigenvalue weighted by Gasteiger charge is 2.23. The van der Waals surface area contributed by atoms with Crippen molar-refractivity contribution in [1.29, 1.82) is 0 Å². The van der Waals surface area contributed by atoms with Gasteiger partial charge in [0.05, 0.1) is 11.4 Å². The Balaban J connectivity index is 2.20. The highest BCUT2D eigenvalue weighted by molar-refractivity contribution is 7.89. The lowest BCUT2D eigenvalue weighted by Crippen LogP contribution is -2.36. The molecule has 0 radical (unpaired) electrons. The number of nitrogens with zero attached hydrogens (tertiary/aromatic N) is 2. The number of hydrogen-bond acceptors (Lipinski definition) is 4. The van der Waals surface area contributed by atoms with Gasteiger partial charge in [-0.15, -0.1) is 0 Å². The normalized spacial score (nSPS) is 13.2. The number of hydrogen-bond donors (Lipinski definition) is 2. The second-order valence-corrected chi connectivity index (χ2v) is 8.38. The van der Waals surface area contributed by atoms with Crippen LogP contribution in [0.3, 0.4) is 0 Å². The summed E-state index contributed by atoms with van der Waals surface area (Å²) in [5, 5.41) is 2.88. The van der Waals surface area contributed by atoms with Gasteiger partial charge in [0, 0.05) is 31.0 Å². The van der Waals surface area contributed by atoms with Gasteiger partial charge in [-0.05, 0) is 31.0 Å². The van der Waals surface area contributed by atoms with Crippen LogP contribution in [0, 0.1) is 5.92 Å². The Bertz CT molecular complexity index is 816. The third-order valence-corrected chi connectivity index (χ3v) is 5.89. The zero-order valence-electron chi connectivity index (χ0n) is 14.9. The van der Waals surface area contributed by atoms with Gasteiger partial charge >= 0.3 is 0 Å². The molecule has 2 aromatic rings. The predicted octanol–water partition coefficient (Wildman–Crippen LogP) is 2.00. The van der Waals surface area contributed by atoms with Gasteiger partial charge in [0.15, 0.2) is 0 Å². The third kappa shape index (κ3) is 4.67. The molecular weight excluding hydrogens is 340 g/mol. The molecule has 0 fully saturated rings. The number of rotatable bonds is 7. The first kappa shape index (κ1) is 19.1. The third-order valence-electron chi connectivity index (χ3n) is 4.09. The number of sulfonamides is 1. The smallest absolute Gasteiger partial charge is 0.251 e. The number of carbonyl (C=O) groups excluding carboxylic acids is 1. The molecule has 1 aromatic carbocycles. The summed E-state index contributed by atoms with van der Waals surface area (Å²) in [6, 6.07) is 6.05. The van der Waals surface area contributed by atoms with Gasteiger partial charge in [-0.1, -0.05) is 19.9 Å². The molecule has 0 saturated carbocycles. The van der Waals surface area contributed by atoms with Gasteiger partial charge in [0.1, 0.15) is 5.82 Å². The minimum atomic E-state index is -3.72. The van der Waals surface area contributed by atoms with Crippen LogP contribution in [0.5, 0.6) is 0 Å². The number of aromatic nitrogens is 2. The van der Waals surface area contributed by atoms with Crippen molar-refractivity contribution in [1.82, 2.24) is 19.6 Å². The summed E-state index contributed by atoms with van der Waals surface area (Å²) in [6.45, 7) is 6.06. The van der Waals surface area contributed by atoms with Crippen LogP contribution in [0.2, 0.25) is 0 Å². The molecule has 1 atom stereocenters. The Hall–Kier alpha value is -2.19. The quantitative estimate of drug-likeness (QED) is 0.785. The number of amides is 1. The van der Waals surface area contributed by atoms with E-state index in [0.717, 1.165) is 0 Å². The summed E-state index contributed by atoms with van der Waals surface area (Å²) in [7, 11) is -2.24. The van der Waals surface area contributed by atoms with Crippen LogP contribution >= 0.6 is 0 Å². The van der Waals surface area contributed by atoms with E-state index in [1.807, 2.05) is 20.8 Å². The highest BCUT2D eigenvalue weighted by Crippen LogP contribution is 2.17. The predicted molar refractivity (Wildman–Crippen MR) is 95.4 cm³/mol. The van der Waals surface area contributed by atoms with E-state index in [1.54, 1.807) is 24.5 Å². The van der Waals surface area contributed by atoms with E-state index in [1.165, 1.54) is 23.5 Å². The fourth-order valence-corrected chi connectivity index (χ4v) is 3.29. The summed E-state index contributed by atoms with van der Waals surface area (Å²) in [5.74, 6) is 0.549. The number of carbonyl (C=O) groups is 1. The highest BCUT2D eigenvalue weighted by atomic mass is 32.2. The zero-order valence-corrected chi connectivity index (χ0v) is 15.7. The van der Waals surface area contributed by atoms with Crippen molar-refractivity contribution < 1.29 is 13.2 Å². The van der Waals surface area contributed by atoms with E-state index in [0.29, 0.717) is 11.4 Å². The van der Waals surface area contributed by atoms with Crippen LogP contribution in [-0.2, 0) is 16.6 Å². The van der Waals surface area contributed by atoms with E-state index in [9.17, 15) is 13.2 Å². The second-order valence-electron chi connectivity index (χ2n) is 6.33. The molecule has 2 rings (SSSR count). The van der Waals surface area contributed by atoms with Crippen LogP contribution < -0.4 is 5.32 Å². The van der Waals surface area contributed by atoms with Crippen molar-refractivity contribution in [2.45, 2.75) is 38.3 Å². The summed E-state index contributed by atoms with van der Waals surface area (Å²) in [4.78, 5) is 19.3. The van der Waals surface area contributed by atoms with Gasteiger partial charge in [-0.2, -0.15) is 4.31 Å². The van der Waals surface area contributed by atoms with Crippen LogP contribution in [0.25, 0.3) is 0 Å². The van der Waals surface area contributed by atoms with E-state index in [4.69, 9.17) is 0 Å². The molecule has 0 aliphatic heterocycles. The first-order valence-corrected chi connectivity index (χ1v) is 9.51. The summed E-state index contributed by atoms with van der Waals surface area (Å²) in [6.07, 6.45) is 3.20. The van der Waals surface area contributed by atoms with E-state index < -0.39 is 10.0 Å². The lowest BCUT2D eigenvalue weighted by Gasteiger charge is -2.19. The summed E-state index contributed by atoms with van der Waals surface area (Å²) >= 11 is 0. The Morgan fingerprint density at radius 2 is 2.04 bits per heavy atom. The van der Waals surface area contributed by atoms with Crippen molar-refractivity contribution in [2.75, 3.05) is 7.05 Å². The minimum absolute atomic E-state index is 0.00519. The molecule has 136 valence electrons. The van der Waals surface area contributed by atoms with E-state index >= 15 is 0 Å². The SMILES string of the molecule is CC(C)[C@H](C)NC(=O)c1cccc(S(=O)(=O)N(C)Cc2ncc[nH]2)c1.